The highest BCUT2D eigenvalue weighted by Crippen LogP contribution is 2.45. The van der Waals surface area contributed by atoms with Crippen LogP contribution in [0.1, 0.15) is 32.1 Å². The quantitative estimate of drug-likeness (QED) is 0.595. The maximum Gasteiger partial charge on any atom is 0.327 e. The van der Waals surface area contributed by atoms with Crippen molar-refractivity contribution in [2.24, 2.45) is 11.7 Å². The minimum Gasteiger partial charge on any atom is -0.480 e. The first-order valence-corrected chi connectivity index (χ1v) is 8.24. The highest BCUT2D eigenvalue weighted by molar-refractivity contribution is 8.00. The fraction of sp³-hybridized carbons (Fsp3) is 0.769. The number of thioether (sulfide) groups is 1. The van der Waals surface area contributed by atoms with Gasteiger partial charge in [0.2, 0.25) is 5.91 Å². The monoisotopic (exact) mass is 315 g/mol. The molecule has 1 heterocycles. The Balaban J connectivity index is 1.82. The van der Waals surface area contributed by atoms with E-state index in [2.05, 4.69) is 5.32 Å². The molecule has 1 saturated carbocycles. The van der Waals surface area contributed by atoms with Crippen molar-refractivity contribution in [3.63, 3.8) is 0 Å². The van der Waals surface area contributed by atoms with E-state index in [4.69, 9.17) is 5.73 Å². The Morgan fingerprint density at radius 2 is 2.00 bits per heavy atom. The van der Waals surface area contributed by atoms with Gasteiger partial charge in [0.15, 0.2) is 0 Å². The number of amides is 3. The van der Waals surface area contributed by atoms with E-state index in [0.29, 0.717) is 37.5 Å². The maximum atomic E-state index is 12.2. The summed E-state index contributed by atoms with van der Waals surface area (Å²) < 4.78 is 0. The first-order chi connectivity index (χ1) is 10.0. The van der Waals surface area contributed by atoms with E-state index in [1.54, 1.807) is 11.8 Å². The van der Waals surface area contributed by atoms with Gasteiger partial charge < -0.3 is 16.2 Å². The van der Waals surface area contributed by atoms with Crippen LogP contribution >= 0.6 is 11.8 Å². The van der Waals surface area contributed by atoms with Gasteiger partial charge in [0, 0.05) is 18.7 Å². The van der Waals surface area contributed by atoms with Crippen LogP contribution < -0.4 is 11.1 Å². The fourth-order valence-electron chi connectivity index (χ4n) is 2.43. The standard InChI is InChI=1S/C13H21N3O4S/c14-10(17)3-1-2-6-15-13(20)16-9(12(18)19)7-21-11(16)8-4-5-8/h8-9,11H,1-7H2,(H2,14,17)(H,15,20)(H,18,19). The summed E-state index contributed by atoms with van der Waals surface area (Å²) in [5.74, 6) is -0.419. The summed E-state index contributed by atoms with van der Waals surface area (Å²) >= 11 is 1.56. The van der Waals surface area contributed by atoms with Gasteiger partial charge in [-0.1, -0.05) is 0 Å². The van der Waals surface area contributed by atoms with Crippen molar-refractivity contribution >= 4 is 29.7 Å². The molecular formula is C13H21N3O4S. The molecule has 2 fully saturated rings. The van der Waals surface area contributed by atoms with Crippen LogP contribution in [0.25, 0.3) is 0 Å². The largest absolute Gasteiger partial charge is 0.480 e. The number of hydrogen-bond donors (Lipinski definition) is 3. The molecule has 2 aliphatic rings. The highest BCUT2D eigenvalue weighted by Gasteiger charge is 2.47. The summed E-state index contributed by atoms with van der Waals surface area (Å²) in [7, 11) is 0. The molecule has 2 rings (SSSR count). The number of nitrogens with two attached hydrogens (primary N) is 1. The molecular weight excluding hydrogens is 294 g/mol. The molecule has 0 bridgehead atoms. The number of nitrogens with one attached hydrogen (secondary N) is 1. The fourth-order valence-corrected chi connectivity index (χ4v) is 4.06. The average Bonchev–Trinajstić information content (AvgIpc) is 3.15. The van der Waals surface area contributed by atoms with Gasteiger partial charge in [-0.3, -0.25) is 9.69 Å². The Labute approximate surface area is 127 Å². The lowest BCUT2D eigenvalue weighted by Gasteiger charge is -2.27. The lowest BCUT2D eigenvalue weighted by Crippen LogP contribution is -2.50. The molecule has 1 aliphatic carbocycles. The molecule has 3 amide bonds. The summed E-state index contributed by atoms with van der Waals surface area (Å²) in [5, 5.41) is 12.0. The topological polar surface area (TPSA) is 113 Å². The number of rotatable bonds is 7. The third-order valence-corrected chi connectivity index (χ3v) is 5.17. The van der Waals surface area contributed by atoms with E-state index in [1.165, 1.54) is 4.90 Å². The Bertz CT molecular complexity index is 428. The van der Waals surface area contributed by atoms with Gasteiger partial charge in [-0.25, -0.2) is 9.59 Å². The average molecular weight is 315 g/mol. The van der Waals surface area contributed by atoms with Crippen LogP contribution in [-0.4, -0.2) is 51.6 Å². The number of primary amides is 1. The van der Waals surface area contributed by atoms with Gasteiger partial charge in [0.25, 0.3) is 0 Å². The number of carbonyl (C=O) groups is 3. The third-order valence-electron chi connectivity index (χ3n) is 3.71. The van der Waals surface area contributed by atoms with Crippen molar-refractivity contribution in [2.75, 3.05) is 12.3 Å². The molecule has 2 unspecified atom stereocenters. The molecule has 0 aromatic heterocycles. The van der Waals surface area contributed by atoms with Gasteiger partial charge >= 0.3 is 12.0 Å². The molecule has 7 nitrogen and oxygen atoms in total. The predicted molar refractivity (Wildman–Crippen MR) is 78.7 cm³/mol. The smallest absolute Gasteiger partial charge is 0.327 e. The molecule has 4 N–H and O–H groups in total. The summed E-state index contributed by atoms with van der Waals surface area (Å²) in [4.78, 5) is 35.6. The van der Waals surface area contributed by atoms with Crippen molar-refractivity contribution in [1.82, 2.24) is 10.2 Å². The molecule has 1 saturated heterocycles. The second-order valence-corrected chi connectivity index (χ2v) is 6.63. The van der Waals surface area contributed by atoms with Crippen molar-refractivity contribution in [3.05, 3.63) is 0 Å². The van der Waals surface area contributed by atoms with Gasteiger partial charge in [0.1, 0.15) is 6.04 Å². The molecule has 118 valence electrons. The highest BCUT2D eigenvalue weighted by atomic mass is 32.2. The molecule has 0 aromatic rings. The number of carboxylic acid groups (broad SMARTS) is 1. The zero-order valence-electron chi connectivity index (χ0n) is 11.8. The van der Waals surface area contributed by atoms with Gasteiger partial charge in [0.05, 0.1) is 5.37 Å². The Kier molecular flexibility index (Phi) is 5.33. The van der Waals surface area contributed by atoms with Crippen LogP contribution in [0.2, 0.25) is 0 Å². The number of urea groups is 1. The minimum absolute atomic E-state index is 0.0169. The lowest BCUT2D eigenvalue weighted by molar-refractivity contribution is -0.141. The summed E-state index contributed by atoms with van der Waals surface area (Å²) in [6.45, 7) is 0.428. The number of carbonyl (C=O) groups excluding carboxylic acids is 2. The zero-order valence-corrected chi connectivity index (χ0v) is 12.6. The van der Waals surface area contributed by atoms with E-state index in [1.807, 2.05) is 0 Å². The molecule has 0 radical (unpaired) electrons. The van der Waals surface area contributed by atoms with E-state index < -0.39 is 12.0 Å². The van der Waals surface area contributed by atoms with Crippen molar-refractivity contribution < 1.29 is 19.5 Å². The summed E-state index contributed by atoms with van der Waals surface area (Å²) in [6.07, 6.45) is 3.71. The normalized spacial score (nSPS) is 24.9. The number of nitrogens with zero attached hydrogens (tertiary/aromatic N) is 1. The van der Waals surface area contributed by atoms with Crippen LogP contribution in [0.3, 0.4) is 0 Å². The van der Waals surface area contributed by atoms with Crippen LogP contribution in [0, 0.1) is 5.92 Å². The molecule has 0 spiro atoms. The van der Waals surface area contributed by atoms with E-state index >= 15 is 0 Å². The Morgan fingerprint density at radius 1 is 1.29 bits per heavy atom. The number of hydrogen-bond acceptors (Lipinski definition) is 4. The van der Waals surface area contributed by atoms with Gasteiger partial charge in [-0.05, 0) is 31.6 Å². The van der Waals surface area contributed by atoms with Crippen LogP contribution in [-0.2, 0) is 9.59 Å². The number of unbranched alkanes of at least 4 members (excludes halogenated alkanes) is 1. The second-order valence-electron chi connectivity index (χ2n) is 5.48. The molecule has 1 aliphatic heterocycles. The summed E-state index contributed by atoms with van der Waals surface area (Å²) in [6, 6.07) is -1.06. The Hall–Kier alpha value is -1.44. The first kappa shape index (κ1) is 15.9. The van der Waals surface area contributed by atoms with Gasteiger partial charge in [-0.2, -0.15) is 0 Å². The Morgan fingerprint density at radius 3 is 2.57 bits per heavy atom. The lowest BCUT2D eigenvalue weighted by atomic mass is 10.2. The first-order valence-electron chi connectivity index (χ1n) is 7.19. The second kappa shape index (κ2) is 7.02. The molecule has 21 heavy (non-hydrogen) atoms. The molecule has 8 heteroatoms. The van der Waals surface area contributed by atoms with Crippen molar-refractivity contribution in [2.45, 2.75) is 43.5 Å². The molecule has 2 atom stereocenters. The molecule has 0 aromatic carbocycles. The third kappa shape index (κ3) is 4.26. The van der Waals surface area contributed by atoms with Gasteiger partial charge in [-0.15, -0.1) is 11.8 Å². The minimum atomic E-state index is -0.950. The van der Waals surface area contributed by atoms with Crippen LogP contribution in [0.15, 0.2) is 0 Å². The predicted octanol–water partition coefficient (Wildman–Crippen LogP) is 0.590. The van der Waals surface area contributed by atoms with Crippen LogP contribution in [0.4, 0.5) is 4.79 Å². The van der Waals surface area contributed by atoms with Crippen molar-refractivity contribution in [3.8, 4) is 0 Å². The van der Waals surface area contributed by atoms with E-state index in [9.17, 15) is 19.5 Å². The van der Waals surface area contributed by atoms with Crippen LogP contribution in [0.5, 0.6) is 0 Å². The number of aliphatic carboxylic acids is 1. The van der Waals surface area contributed by atoms with E-state index in [0.717, 1.165) is 12.8 Å². The van der Waals surface area contributed by atoms with Crippen molar-refractivity contribution in [1.29, 1.82) is 0 Å². The maximum absolute atomic E-state index is 12.2. The number of carboxylic acids is 1. The van der Waals surface area contributed by atoms with E-state index in [-0.39, 0.29) is 17.3 Å². The SMILES string of the molecule is NC(=O)CCCCNC(=O)N1C(C(=O)O)CSC1C1CC1. The zero-order chi connectivity index (χ0) is 15.4. The summed E-state index contributed by atoms with van der Waals surface area (Å²) in [5.41, 5.74) is 5.04.